The zero-order valence-electron chi connectivity index (χ0n) is 14.9. The predicted molar refractivity (Wildman–Crippen MR) is 114 cm³/mol. The van der Waals surface area contributed by atoms with Crippen molar-refractivity contribution < 1.29 is 19.1 Å². The fourth-order valence-corrected chi connectivity index (χ4v) is 4.62. The molecule has 0 unspecified atom stereocenters. The zero-order chi connectivity index (χ0) is 20.5. The summed E-state index contributed by atoms with van der Waals surface area (Å²) in [5.74, 6) is -2.01. The highest BCUT2D eigenvalue weighted by Gasteiger charge is 2.24. The maximum absolute atomic E-state index is 12.8. The van der Waals surface area contributed by atoms with Gasteiger partial charge in [0, 0.05) is 38.7 Å². The molecule has 0 aliphatic carbocycles. The van der Waals surface area contributed by atoms with Gasteiger partial charge in [-0.25, -0.2) is 4.79 Å². The molecule has 1 aliphatic rings. The number of benzene rings is 2. The Morgan fingerprint density at radius 1 is 1.10 bits per heavy atom. The number of para-hydroxylation sites is 1. The van der Waals surface area contributed by atoms with Crippen molar-refractivity contribution in [1.29, 1.82) is 0 Å². The van der Waals surface area contributed by atoms with Crippen molar-refractivity contribution in [1.82, 2.24) is 9.88 Å². The van der Waals surface area contributed by atoms with E-state index in [1.165, 1.54) is 6.08 Å². The number of rotatable bonds is 5. The predicted octanol–water partition coefficient (Wildman–Crippen LogP) is 3.95. The SMILES string of the molecule is O=C1C=C(NC(=O)C(=O)c2cn(Cc3cc(Br)cc(Br)c3)c3ccccc23)CO1. The quantitative estimate of drug-likeness (QED) is 0.316. The molecule has 29 heavy (non-hydrogen) atoms. The molecule has 0 bridgehead atoms. The van der Waals surface area contributed by atoms with Gasteiger partial charge in [-0.05, 0) is 29.8 Å². The molecule has 2 heterocycles. The Bertz CT molecular complexity index is 1180. The van der Waals surface area contributed by atoms with Gasteiger partial charge < -0.3 is 14.6 Å². The van der Waals surface area contributed by atoms with Crippen LogP contribution in [0.3, 0.4) is 0 Å². The lowest BCUT2D eigenvalue weighted by atomic mass is 10.1. The van der Waals surface area contributed by atoms with Gasteiger partial charge in [-0.15, -0.1) is 0 Å². The third kappa shape index (κ3) is 4.18. The molecule has 0 atom stereocenters. The van der Waals surface area contributed by atoms with Crippen molar-refractivity contribution in [2.24, 2.45) is 0 Å². The second-order valence-corrected chi connectivity index (χ2v) is 8.36. The number of carbonyl (C=O) groups is 3. The number of cyclic esters (lactones) is 1. The van der Waals surface area contributed by atoms with E-state index in [4.69, 9.17) is 4.74 Å². The highest BCUT2D eigenvalue weighted by atomic mass is 79.9. The van der Waals surface area contributed by atoms with Crippen LogP contribution < -0.4 is 5.32 Å². The molecule has 1 aromatic heterocycles. The van der Waals surface area contributed by atoms with Crippen molar-refractivity contribution in [3.8, 4) is 0 Å². The van der Waals surface area contributed by atoms with Crippen molar-refractivity contribution >= 4 is 60.4 Å². The van der Waals surface area contributed by atoms with E-state index in [1.807, 2.05) is 47.0 Å². The minimum absolute atomic E-state index is 0.0443. The molecule has 1 N–H and O–H groups in total. The number of halogens is 2. The molecule has 3 aromatic rings. The first-order valence-electron chi connectivity index (χ1n) is 8.66. The van der Waals surface area contributed by atoms with Crippen molar-refractivity contribution in [3.05, 3.63) is 80.5 Å². The monoisotopic (exact) mass is 516 g/mol. The molecular weight excluding hydrogens is 504 g/mol. The second-order valence-electron chi connectivity index (χ2n) is 6.53. The molecule has 146 valence electrons. The van der Waals surface area contributed by atoms with E-state index in [0.29, 0.717) is 17.5 Å². The van der Waals surface area contributed by atoms with Gasteiger partial charge in [0.05, 0.1) is 11.3 Å². The number of hydrogen-bond acceptors (Lipinski definition) is 4. The lowest BCUT2D eigenvalue weighted by molar-refractivity contribution is -0.135. The second kappa shape index (κ2) is 7.96. The van der Waals surface area contributed by atoms with Gasteiger partial charge in [0.15, 0.2) is 0 Å². The van der Waals surface area contributed by atoms with E-state index in [-0.39, 0.29) is 12.3 Å². The fraction of sp³-hybridized carbons (Fsp3) is 0.0952. The average molecular weight is 518 g/mol. The minimum Gasteiger partial charge on any atom is -0.456 e. The van der Waals surface area contributed by atoms with Crippen LogP contribution >= 0.6 is 31.9 Å². The molecular formula is C21H14Br2N2O4. The summed E-state index contributed by atoms with van der Waals surface area (Å²) in [5.41, 5.74) is 2.45. The van der Waals surface area contributed by atoms with Crippen LogP contribution in [0.1, 0.15) is 15.9 Å². The van der Waals surface area contributed by atoms with Gasteiger partial charge >= 0.3 is 5.97 Å². The van der Waals surface area contributed by atoms with Crippen LogP contribution in [0.15, 0.2) is 69.4 Å². The highest BCUT2D eigenvalue weighted by Crippen LogP contribution is 2.25. The number of esters is 1. The Kier molecular flexibility index (Phi) is 5.38. The summed E-state index contributed by atoms with van der Waals surface area (Å²) in [4.78, 5) is 36.4. The molecule has 1 aliphatic heterocycles. The molecule has 0 spiro atoms. The Morgan fingerprint density at radius 3 is 2.52 bits per heavy atom. The number of ketones is 1. The van der Waals surface area contributed by atoms with Crippen LogP contribution in [0.25, 0.3) is 10.9 Å². The van der Waals surface area contributed by atoms with E-state index in [1.54, 1.807) is 6.20 Å². The van der Waals surface area contributed by atoms with Crippen molar-refractivity contribution in [2.45, 2.75) is 6.54 Å². The molecule has 0 radical (unpaired) electrons. The average Bonchev–Trinajstić information content (AvgIpc) is 3.24. The number of hydrogen-bond donors (Lipinski definition) is 1. The molecule has 4 rings (SSSR count). The largest absolute Gasteiger partial charge is 0.456 e. The Balaban J connectivity index is 1.66. The van der Waals surface area contributed by atoms with Gasteiger partial charge in [0.1, 0.15) is 6.61 Å². The van der Waals surface area contributed by atoms with E-state index in [2.05, 4.69) is 37.2 Å². The van der Waals surface area contributed by atoms with Crippen LogP contribution in [0, 0.1) is 0 Å². The molecule has 8 heteroatoms. The lowest BCUT2D eigenvalue weighted by Crippen LogP contribution is -2.31. The number of nitrogens with zero attached hydrogens (tertiary/aromatic N) is 1. The summed E-state index contributed by atoms with van der Waals surface area (Å²) in [7, 11) is 0. The number of amides is 1. The van der Waals surface area contributed by atoms with Crippen LogP contribution in [0.4, 0.5) is 0 Å². The summed E-state index contributed by atoms with van der Waals surface area (Å²) >= 11 is 6.97. The van der Waals surface area contributed by atoms with Crippen molar-refractivity contribution in [3.63, 3.8) is 0 Å². The Morgan fingerprint density at radius 2 is 1.83 bits per heavy atom. The van der Waals surface area contributed by atoms with E-state index in [9.17, 15) is 14.4 Å². The number of nitrogens with one attached hydrogen (secondary N) is 1. The first-order chi connectivity index (χ1) is 13.9. The first kappa shape index (κ1) is 19.6. The number of fused-ring (bicyclic) bond motifs is 1. The smallest absolute Gasteiger partial charge is 0.333 e. The van der Waals surface area contributed by atoms with Crippen LogP contribution in [-0.2, 0) is 20.9 Å². The van der Waals surface area contributed by atoms with Crippen molar-refractivity contribution in [2.75, 3.05) is 6.61 Å². The summed E-state index contributed by atoms with van der Waals surface area (Å²) in [6.07, 6.45) is 2.85. The van der Waals surface area contributed by atoms with E-state index < -0.39 is 17.7 Å². The van der Waals surface area contributed by atoms with Gasteiger partial charge in [-0.2, -0.15) is 0 Å². The normalized spacial score (nSPS) is 13.3. The maximum Gasteiger partial charge on any atom is 0.333 e. The van der Waals surface area contributed by atoms with Gasteiger partial charge in [-0.3, -0.25) is 9.59 Å². The topological polar surface area (TPSA) is 77.4 Å². The third-order valence-corrected chi connectivity index (χ3v) is 5.37. The molecule has 2 aromatic carbocycles. The number of ether oxygens (including phenoxy) is 1. The number of Topliss-reactive ketones (excluding diaryl/α,β-unsaturated/α-hetero) is 1. The fourth-order valence-electron chi connectivity index (χ4n) is 3.23. The van der Waals surface area contributed by atoms with Gasteiger partial charge in [-0.1, -0.05) is 50.1 Å². The Labute approximate surface area is 182 Å². The molecule has 0 saturated heterocycles. The van der Waals surface area contributed by atoms with Gasteiger partial charge in [0.25, 0.3) is 11.7 Å². The number of aromatic nitrogens is 1. The van der Waals surface area contributed by atoms with Gasteiger partial charge in [0.2, 0.25) is 0 Å². The van der Waals surface area contributed by atoms with E-state index in [0.717, 1.165) is 20.0 Å². The summed E-state index contributed by atoms with van der Waals surface area (Å²) in [6, 6.07) is 13.4. The molecule has 0 fully saturated rings. The summed E-state index contributed by atoms with van der Waals surface area (Å²) in [5, 5.41) is 3.14. The van der Waals surface area contributed by atoms with E-state index >= 15 is 0 Å². The summed E-state index contributed by atoms with van der Waals surface area (Å²) < 4.78 is 8.56. The zero-order valence-corrected chi connectivity index (χ0v) is 18.1. The van der Waals surface area contributed by atoms with Crippen LogP contribution in [0.5, 0.6) is 0 Å². The van der Waals surface area contributed by atoms with Crippen LogP contribution in [0.2, 0.25) is 0 Å². The molecule has 0 saturated carbocycles. The lowest BCUT2D eigenvalue weighted by Gasteiger charge is -2.07. The standard InChI is InChI=1S/C21H14Br2N2O4/c22-13-5-12(6-14(23)7-13)9-25-10-17(16-3-1-2-4-18(16)25)20(27)21(28)24-15-8-19(26)29-11-15/h1-8,10H,9,11H2,(H,24,28). The summed E-state index contributed by atoms with van der Waals surface area (Å²) in [6.45, 7) is 0.484. The Hall–Kier alpha value is -2.71. The maximum atomic E-state index is 12.8. The molecule has 6 nitrogen and oxygen atoms in total. The third-order valence-electron chi connectivity index (χ3n) is 4.45. The molecule has 1 amide bonds. The number of carbonyl (C=O) groups excluding carboxylic acids is 3. The minimum atomic E-state index is -0.803. The first-order valence-corrected chi connectivity index (χ1v) is 10.2. The highest BCUT2D eigenvalue weighted by molar-refractivity contribution is 9.11. The van der Waals surface area contributed by atoms with Crippen LogP contribution in [-0.4, -0.2) is 28.8 Å².